The number of hydrogen-bond donors (Lipinski definition) is 0. The molecule has 0 aliphatic rings. The van der Waals surface area contributed by atoms with Crippen LogP contribution < -0.4 is 4.74 Å². The van der Waals surface area contributed by atoms with Crippen molar-refractivity contribution in [2.24, 2.45) is 0 Å². The van der Waals surface area contributed by atoms with Crippen LogP contribution in [-0.2, 0) is 4.74 Å². The van der Waals surface area contributed by atoms with Gasteiger partial charge in [-0.15, -0.1) is 0 Å². The van der Waals surface area contributed by atoms with Gasteiger partial charge in [-0.05, 0) is 24.1 Å². The standard InChI is InChI=1S/C20H17F17O2/c1-3-7-39-11-6-4-5-10(8-11)12(38-2)9-13(21,22)14(23,24)15(25,26)16(27,28)17(29,30)18(31,32)19(33,34)20(35,36)37/h4-6,8,12H,3,7,9H2,1-2H3. The average molecular weight is 612 g/mol. The van der Waals surface area contributed by atoms with E-state index in [1.165, 1.54) is 6.07 Å². The molecule has 0 radical (unpaired) electrons. The molecule has 1 aromatic rings. The Morgan fingerprint density at radius 3 is 1.49 bits per heavy atom. The van der Waals surface area contributed by atoms with Crippen LogP contribution in [0.25, 0.3) is 0 Å². The van der Waals surface area contributed by atoms with Gasteiger partial charge in [-0.1, -0.05) is 19.1 Å². The molecule has 1 atom stereocenters. The molecule has 0 aliphatic heterocycles. The second kappa shape index (κ2) is 10.6. The van der Waals surface area contributed by atoms with Crippen molar-refractivity contribution in [1.29, 1.82) is 0 Å². The Labute approximate surface area is 208 Å². The highest BCUT2D eigenvalue weighted by molar-refractivity contribution is 5.30. The molecule has 2 nitrogen and oxygen atoms in total. The Bertz CT molecular complexity index is 971. The fraction of sp³-hybridized carbons (Fsp3) is 0.700. The van der Waals surface area contributed by atoms with E-state index in [9.17, 15) is 74.6 Å². The van der Waals surface area contributed by atoms with E-state index in [4.69, 9.17) is 4.74 Å². The highest BCUT2D eigenvalue weighted by atomic mass is 19.4. The molecular formula is C20H17F17O2. The quantitative estimate of drug-likeness (QED) is 0.208. The summed E-state index contributed by atoms with van der Waals surface area (Å²) in [6.45, 7) is 1.66. The lowest BCUT2D eigenvalue weighted by molar-refractivity contribution is -0.462. The van der Waals surface area contributed by atoms with E-state index in [0.29, 0.717) is 13.5 Å². The van der Waals surface area contributed by atoms with E-state index in [2.05, 4.69) is 4.74 Å². The fourth-order valence-corrected chi connectivity index (χ4v) is 2.92. The minimum atomic E-state index is -8.66. The number of alkyl halides is 17. The van der Waals surface area contributed by atoms with Crippen LogP contribution in [0, 0.1) is 0 Å². The van der Waals surface area contributed by atoms with Gasteiger partial charge in [0, 0.05) is 13.5 Å². The summed E-state index contributed by atoms with van der Waals surface area (Å²) in [7, 11) is 0.527. The lowest BCUT2D eigenvalue weighted by atomic mass is 9.87. The molecule has 1 aromatic carbocycles. The number of halogens is 17. The Morgan fingerprint density at radius 1 is 0.641 bits per heavy atom. The maximum Gasteiger partial charge on any atom is 0.460 e. The third-order valence-corrected chi connectivity index (χ3v) is 5.22. The smallest absolute Gasteiger partial charge is 0.460 e. The molecular weight excluding hydrogens is 595 g/mol. The van der Waals surface area contributed by atoms with Gasteiger partial charge in [0.25, 0.3) is 0 Å². The summed E-state index contributed by atoms with van der Waals surface area (Å²) in [5, 5.41) is 0. The molecule has 19 heteroatoms. The zero-order chi connectivity index (χ0) is 31.1. The van der Waals surface area contributed by atoms with Crippen molar-refractivity contribution >= 4 is 0 Å². The van der Waals surface area contributed by atoms with Crippen molar-refractivity contribution in [3.05, 3.63) is 29.8 Å². The maximum absolute atomic E-state index is 14.3. The molecule has 0 spiro atoms. The Kier molecular flexibility index (Phi) is 9.50. The highest BCUT2D eigenvalue weighted by Gasteiger charge is 2.95. The van der Waals surface area contributed by atoms with Crippen LogP contribution in [0.5, 0.6) is 5.75 Å². The molecule has 0 bridgehead atoms. The van der Waals surface area contributed by atoms with Crippen LogP contribution in [0.2, 0.25) is 0 Å². The predicted molar refractivity (Wildman–Crippen MR) is 97.3 cm³/mol. The van der Waals surface area contributed by atoms with Crippen LogP contribution in [0.3, 0.4) is 0 Å². The number of rotatable bonds is 13. The van der Waals surface area contributed by atoms with Crippen molar-refractivity contribution in [2.75, 3.05) is 13.7 Å². The van der Waals surface area contributed by atoms with Crippen molar-refractivity contribution in [1.82, 2.24) is 0 Å². The zero-order valence-corrected chi connectivity index (χ0v) is 19.2. The second-order valence-corrected chi connectivity index (χ2v) is 8.00. The number of benzene rings is 1. The monoisotopic (exact) mass is 612 g/mol. The van der Waals surface area contributed by atoms with Gasteiger partial charge in [-0.2, -0.15) is 74.6 Å². The molecule has 1 rings (SSSR count). The first-order valence-electron chi connectivity index (χ1n) is 10.2. The summed E-state index contributed by atoms with van der Waals surface area (Å²) in [6.07, 6.45) is -12.5. The van der Waals surface area contributed by atoms with Crippen LogP contribution in [-0.4, -0.2) is 61.4 Å². The van der Waals surface area contributed by atoms with Gasteiger partial charge in [0.2, 0.25) is 0 Å². The van der Waals surface area contributed by atoms with E-state index >= 15 is 0 Å². The minimum Gasteiger partial charge on any atom is -0.494 e. The lowest BCUT2D eigenvalue weighted by Gasteiger charge is -2.43. The van der Waals surface area contributed by atoms with Crippen molar-refractivity contribution in [3.63, 3.8) is 0 Å². The lowest BCUT2D eigenvalue weighted by Crippen LogP contribution is -2.74. The molecule has 0 aromatic heterocycles. The first-order valence-corrected chi connectivity index (χ1v) is 10.2. The fourth-order valence-electron chi connectivity index (χ4n) is 2.92. The normalized spacial score (nSPS) is 15.9. The zero-order valence-electron chi connectivity index (χ0n) is 19.2. The summed E-state index contributed by atoms with van der Waals surface area (Å²) >= 11 is 0. The topological polar surface area (TPSA) is 18.5 Å². The SMILES string of the molecule is CCCOc1cccc(C(CC(F)(F)C(F)(F)C(F)(F)C(F)(F)C(F)(F)C(F)(F)C(F)(F)C(F)(F)F)OC)c1. The summed E-state index contributed by atoms with van der Waals surface area (Å²) < 4.78 is 238. The molecule has 0 aliphatic carbocycles. The summed E-state index contributed by atoms with van der Waals surface area (Å²) in [4.78, 5) is 0. The largest absolute Gasteiger partial charge is 0.494 e. The molecule has 0 amide bonds. The first kappa shape index (κ1) is 34.8. The van der Waals surface area contributed by atoms with E-state index in [1.54, 1.807) is 6.92 Å². The van der Waals surface area contributed by atoms with E-state index < -0.39 is 65.7 Å². The first-order chi connectivity index (χ1) is 17.2. The second-order valence-electron chi connectivity index (χ2n) is 8.00. The number of hydrogen-bond acceptors (Lipinski definition) is 2. The van der Waals surface area contributed by atoms with Crippen molar-refractivity contribution in [3.8, 4) is 5.75 Å². The molecule has 0 N–H and O–H groups in total. The molecule has 0 fully saturated rings. The summed E-state index contributed by atoms with van der Waals surface area (Å²) in [5.74, 6) is -56.8. The Balaban J connectivity index is 3.54. The molecule has 0 saturated carbocycles. The predicted octanol–water partition coefficient (Wildman–Crippen LogP) is 8.56. The molecule has 0 heterocycles. The minimum absolute atomic E-state index is 0.0306. The van der Waals surface area contributed by atoms with Crippen molar-refractivity contribution in [2.45, 2.75) is 73.5 Å². The number of ether oxygens (including phenoxy) is 2. The maximum atomic E-state index is 14.3. The van der Waals surface area contributed by atoms with Crippen molar-refractivity contribution < 1.29 is 84.1 Å². The van der Waals surface area contributed by atoms with Gasteiger partial charge in [-0.25, -0.2) is 0 Å². The van der Waals surface area contributed by atoms with Gasteiger partial charge in [-0.3, -0.25) is 0 Å². The van der Waals surface area contributed by atoms with Crippen LogP contribution in [0.4, 0.5) is 74.6 Å². The summed E-state index contributed by atoms with van der Waals surface area (Å²) in [6, 6.07) is 3.96. The van der Waals surface area contributed by atoms with Gasteiger partial charge < -0.3 is 9.47 Å². The van der Waals surface area contributed by atoms with Gasteiger partial charge >= 0.3 is 47.6 Å². The van der Waals surface area contributed by atoms with Gasteiger partial charge in [0.15, 0.2) is 0 Å². The molecule has 1 unspecified atom stereocenters. The number of methoxy groups -OCH3 is 1. The van der Waals surface area contributed by atoms with Crippen LogP contribution in [0.15, 0.2) is 24.3 Å². The average Bonchev–Trinajstić information content (AvgIpc) is 2.79. The molecule has 0 saturated heterocycles. The Hall–Kier alpha value is -2.21. The Morgan fingerprint density at radius 2 is 1.08 bits per heavy atom. The molecule has 228 valence electrons. The van der Waals surface area contributed by atoms with Crippen LogP contribution in [0.1, 0.15) is 31.4 Å². The third kappa shape index (κ3) is 5.55. The van der Waals surface area contributed by atoms with Crippen LogP contribution >= 0.6 is 0 Å². The third-order valence-electron chi connectivity index (χ3n) is 5.22. The van der Waals surface area contributed by atoms with E-state index in [-0.39, 0.29) is 12.4 Å². The summed E-state index contributed by atoms with van der Waals surface area (Å²) in [5.41, 5.74) is -0.543. The highest BCUT2D eigenvalue weighted by Crippen LogP contribution is 2.64. The van der Waals surface area contributed by atoms with Gasteiger partial charge in [0.05, 0.1) is 12.7 Å². The molecule has 39 heavy (non-hydrogen) atoms. The van der Waals surface area contributed by atoms with E-state index in [1.807, 2.05) is 0 Å². The van der Waals surface area contributed by atoms with E-state index in [0.717, 1.165) is 18.2 Å². The van der Waals surface area contributed by atoms with Gasteiger partial charge in [0.1, 0.15) is 5.75 Å².